The van der Waals surface area contributed by atoms with Crippen LogP contribution >= 0.6 is 23.1 Å². The number of fused-ring (bicyclic) bond motifs is 1. The van der Waals surface area contributed by atoms with E-state index in [1.54, 1.807) is 17.4 Å². The van der Waals surface area contributed by atoms with Crippen LogP contribution in [0.25, 0.3) is 0 Å². The Balaban J connectivity index is 1.68. The number of thioether (sulfide) groups is 1. The number of anilines is 1. The van der Waals surface area contributed by atoms with Crippen LogP contribution in [0.3, 0.4) is 0 Å². The fourth-order valence-corrected chi connectivity index (χ4v) is 5.23. The standard InChI is InChI=1S/C18H21N5OS2/c1-4-7-23-12(3)21-22-18(23)25-10-16(24)20-17-14(9-19)13-6-5-11(2)8-15(13)26-17/h4,11H,1,5-8,10H2,2-3H3,(H,20,24). The predicted molar refractivity (Wildman–Crippen MR) is 105 cm³/mol. The predicted octanol–water partition coefficient (Wildman–Crippen LogP) is 3.56. The maximum absolute atomic E-state index is 12.4. The lowest BCUT2D eigenvalue weighted by atomic mass is 9.89. The number of hydrogen-bond donors (Lipinski definition) is 1. The summed E-state index contributed by atoms with van der Waals surface area (Å²) in [7, 11) is 0. The van der Waals surface area contributed by atoms with Crippen molar-refractivity contribution in [1.29, 1.82) is 5.26 Å². The molecule has 2 aromatic rings. The molecule has 0 aromatic carbocycles. The van der Waals surface area contributed by atoms with E-state index < -0.39 is 0 Å². The highest BCUT2D eigenvalue weighted by Crippen LogP contribution is 2.39. The van der Waals surface area contributed by atoms with E-state index in [-0.39, 0.29) is 11.7 Å². The van der Waals surface area contributed by atoms with E-state index in [4.69, 9.17) is 0 Å². The zero-order chi connectivity index (χ0) is 18.7. The number of aryl methyl sites for hydroxylation is 1. The molecule has 0 spiro atoms. The number of carbonyl (C=O) groups is 1. The Morgan fingerprint density at radius 2 is 2.38 bits per heavy atom. The van der Waals surface area contributed by atoms with Crippen molar-refractivity contribution < 1.29 is 4.79 Å². The smallest absolute Gasteiger partial charge is 0.235 e. The van der Waals surface area contributed by atoms with E-state index >= 15 is 0 Å². The zero-order valence-electron chi connectivity index (χ0n) is 14.9. The van der Waals surface area contributed by atoms with Crippen LogP contribution < -0.4 is 5.32 Å². The highest BCUT2D eigenvalue weighted by molar-refractivity contribution is 7.99. The van der Waals surface area contributed by atoms with Crippen molar-refractivity contribution in [2.45, 2.75) is 44.8 Å². The summed E-state index contributed by atoms with van der Waals surface area (Å²) in [6, 6.07) is 2.28. The number of nitrogens with one attached hydrogen (secondary N) is 1. The fraction of sp³-hybridized carbons (Fsp3) is 0.444. The largest absolute Gasteiger partial charge is 0.316 e. The first-order valence-electron chi connectivity index (χ1n) is 8.51. The van der Waals surface area contributed by atoms with Crippen LogP contribution in [0.4, 0.5) is 5.00 Å². The highest BCUT2D eigenvalue weighted by Gasteiger charge is 2.24. The van der Waals surface area contributed by atoms with E-state index in [9.17, 15) is 10.1 Å². The molecule has 0 saturated carbocycles. The average molecular weight is 388 g/mol. The molecule has 0 fully saturated rings. The summed E-state index contributed by atoms with van der Waals surface area (Å²) in [6.45, 7) is 8.44. The van der Waals surface area contributed by atoms with E-state index in [1.165, 1.54) is 16.6 Å². The summed E-state index contributed by atoms with van der Waals surface area (Å²) in [5.41, 5.74) is 1.76. The maximum Gasteiger partial charge on any atom is 0.235 e. The second-order valence-corrected chi connectivity index (χ2v) is 8.48. The first kappa shape index (κ1) is 18.7. The van der Waals surface area contributed by atoms with Crippen molar-refractivity contribution in [3.8, 4) is 6.07 Å². The van der Waals surface area contributed by atoms with Gasteiger partial charge < -0.3 is 9.88 Å². The molecule has 1 unspecified atom stereocenters. The van der Waals surface area contributed by atoms with Crippen molar-refractivity contribution in [1.82, 2.24) is 14.8 Å². The Morgan fingerprint density at radius 3 is 3.12 bits per heavy atom. The third-order valence-electron chi connectivity index (χ3n) is 4.42. The number of rotatable bonds is 6. The number of aromatic nitrogens is 3. The Morgan fingerprint density at radius 1 is 1.58 bits per heavy atom. The van der Waals surface area contributed by atoms with E-state index in [0.29, 0.717) is 28.2 Å². The first-order valence-corrected chi connectivity index (χ1v) is 10.3. The molecule has 0 saturated heterocycles. The van der Waals surface area contributed by atoms with E-state index in [2.05, 4.69) is 35.1 Å². The van der Waals surface area contributed by atoms with Crippen molar-refractivity contribution in [3.05, 3.63) is 34.5 Å². The van der Waals surface area contributed by atoms with Gasteiger partial charge in [0.05, 0.1) is 11.3 Å². The molecule has 1 amide bonds. The monoisotopic (exact) mass is 387 g/mol. The van der Waals surface area contributed by atoms with Crippen LogP contribution in [0.5, 0.6) is 0 Å². The summed E-state index contributed by atoms with van der Waals surface area (Å²) in [6.07, 6.45) is 4.78. The third-order valence-corrected chi connectivity index (χ3v) is 6.56. The van der Waals surface area contributed by atoms with E-state index in [0.717, 1.165) is 30.7 Å². The van der Waals surface area contributed by atoms with E-state index in [1.807, 2.05) is 11.5 Å². The molecule has 2 aromatic heterocycles. The molecule has 1 atom stereocenters. The molecular weight excluding hydrogens is 366 g/mol. The summed E-state index contributed by atoms with van der Waals surface area (Å²) in [5, 5.41) is 22.0. The van der Waals surface area contributed by atoms with Crippen LogP contribution in [0.2, 0.25) is 0 Å². The minimum absolute atomic E-state index is 0.135. The quantitative estimate of drug-likeness (QED) is 0.605. The Hall–Kier alpha value is -2.11. The lowest BCUT2D eigenvalue weighted by Crippen LogP contribution is -2.15. The van der Waals surface area contributed by atoms with Gasteiger partial charge in [0, 0.05) is 11.4 Å². The molecule has 2 heterocycles. The van der Waals surface area contributed by atoms with Gasteiger partial charge in [0.2, 0.25) is 5.91 Å². The van der Waals surface area contributed by atoms with Gasteiger partial charge in [-0.05, 0) is 37.7 Å². The van der Waals surface area contributed by atoms with Gasteiger partial charge in [0.15, 0.2) is 5.16 Å². The molecule has 1 N–H and O–H groups in total. The fourth-order valence-electron chi connectivity index (χ4n) is 3.06. The van der Waals surface area contributed by atoms with Gasteiger partial charge in [-0.15, -0.1) is 28.1 Å². The molecule has 1 aliphatic carbocycles. The Kier molecular flexibility index (Phi) is 5.79. The number of thiophene rings is 1. The molecule has 6 nitrogen and oxygen atoms in total. The lowest BCUT2D eigenvalue weighted by Gasteiger charge is -2.17. The molecule has 1 aliphatic rings. The average Bonchev–Trinajstić information content (AvgIpc) is 3.13. The molecule has 0 aliphatic heterocycles. The van der Waals surface area contributed by atoms with Crippen LogP contribution in [-0.4, -0.2) is 26.4 Å². The van der Waals surface area contributed by atoms with Crippen molar-refractivity contribution in [3.63, 3.8) is 0 Å². The summed E-state index contributed by atoms with van der Waals surface area (Å²) >= 11 is 2.88. The number of allylic oxidation sites excluding steroid dienone is 1. The topological polar surface area (TPSA) is 83.6 Å². The normalized spacial score (nSPS) is 16.0. The number of nitriles is 1. The SMILES string of the molecule is C=CCn1c(C)nnc1SCC(=O)Nc1sc2c(c1C#N)CCC(C)C2. The number of nitrogens with zero attached hydrogens (tertiary/aromatic N) is 4. The molecule has 3 rings (SSSR count). The maximum atomic E-state index is 12.4. The van der Waals surface area contributed by atoms with Gasteiger partial charge in [-0.2, -0.15) is 5.26 Å². The molecule has 136 valence electrons. The molecule has 8 heteroatoms. The Labute approximate surface area is 161 Å². The van der Waals surface area contributed by atoms with Gasteiger partial charge in [-0.1, -0.05) is 24.8 Å². The lowest BCUT2D eigenvalue weighted by molar-refractivity contribution is -0.113. The third kappa shape index (κ3) is 3.84. The molecule has 0 radical (unpaired) electrons. The number of amides is 1. The van der Waals surface area contributed by atoms with Crippen molar-refractivity contribution in [2.24, 2.45) is 5.92 Å². The second kappa shape index (κ2) is 8.06. The Bertz CT molecular complexity index is 877. The molecular formula is C18H21N5OS2. The van der Waals surface area contributed by atoms with Crippen LogP contribution in [0.1, 0.15) is 35.2 Å². The second-order valence-electron chi connectivity index (χ2n) is 6.43. The van der Waals surface area contributed by atoms with Crippen LogP contribution in [0.15, 0.2) is 17.8 Å². The summed E-state index contributed by atoms with van der Waals surface area (Å²) in [4.78, 5) is 13.6. The minimum Gasteiger partial charge on any atom is -0.316 e. The van der Waals surface area contributed by atoms with Crippen molar-refractivity contribution >= 4 is 34.0 Å². The highest BCUT2D eigenvalue weighted by atomic mass is 32.2. The summed E-state index contributed by atoms with van der Waals surface area (Å²) < 4.78 is 1.91. The van der Waals surface area contributed by atoms with Gasteiger partial charge in [0.1, 0.15) is 16.9 Å². The van der Waals surface area contributed by atoms with Crippen molar-refractivity contribution in [2.75, 3.05) is 11.1 Å². The van der Waals surface area contributed by atoms with Crippen LogP contribution in [0, 0.1) is 24.2 Å². The zero-order valence-corrected chi connectivity index (χ0v) is 16.5. The van der Waals surface area contributed by atoms with Gasteiger partial charge in [0.25, 0.3) is 0 Å². The number of carbonyl (C=O) groups excluding carboxylic acids is 1. The number of hydrogen-bond acceptors (Lipinski definition) is 6. The van der Waals surface area contributed by atoms with Gasteiger partial charge in [-0.3, -0.25) is 4.79 Å². The van der Waals surface area contributed by atoms with Crippen LogP contribution in [-0.2, 0) is 24.2 Å². The molecule has 0 bridgehead atoms. The minimum atomic E-state index is -0.135. The summed E-state index contributed by atoms with van der Waals surface area (Å²) in [5.74, 6) is 1.51. The van der Waals surface area contributed by atoms with Gasteiger partial charge >= 0.3 is 0 Å². The van der Waals surface area contributed by atoms with Gasteiger partial charge in [-0.25, -0.2) is 0 Å². The molecule has 26 heavy (non-hydrogen) atoms. The first-order chi connectivity index (χ1) is 12.5.